The monoisotopic (exact) mass is 358 g/mol. The van der Waals surface area contributed by atoms with Crippen molar-refractivity contribution in [2.24, 2.45) is 5.73 Å². The van der Waals surface area contributed by atoms with Gasteiger partial charge in [0.2, 0.25) is 11.8 Å². The summed E-state index contributed by atoms with van der Waals surface area (Å²) < 4.78 is 12.2. The molecule has 0 aliphatic carbocycles. The lowest BCUT2D eigenvalue weighted by Crippen LogP contribution is -2.41. The lowest BCUT2D eigenvalue weighted by molar-refractivity contribution is -0.129. The number of likely N-dealkylation sites (tertiary alicyclic amines) is 1. The third kappa shape index (κ3) is 3.51. The number of benzene rings is 1. The quantitative estimate of drug-likeness (QED) is 0.835. The molecule has 1 atom stereocenters. The Hall–Kier alpha value is -1.86. The number of hydrogen-bond donors (Lipinski definition) is 1. The van der Waals surface area contributed by atoms with Gasteiger partial charge in [-0.15, -0.1) is 0 Å². The molecule has 3 rings (SSSR count). The summed E-state index contributed by atoms with van der Waals surface area (Å²) in [5, 5.41) is 0. The topological polar surface area (TPSA) is 81.9 Å². The van der Waals surface area contributed by atoms with Crippen LogP contribution in [0.15, 0.2) is 24.3 Å². The van der Waals surface area contributed by atoms with E-state index in [1.807, 2.05) is 38.7 Å². The summed E-state index contributed by atoms with van der Waals surface area (Å²) in [5.41, 5.74) is 5.75. The average molecular weight is 358 g/mol. The van der Waals surface area contributed by atoms with Crippen LogP contribution in [0.5, 0.6) is 0 Å². The standard InChI is InChI=1S/C19H27BN2O4/c1-18(2)19(3,4)26-20(25-18)14-9-10-22(12-14)16(23)11-13-7-5-6-8-15(13)17(21)24/h5-8,14H,9-12H2,1-4H3,(H2,21,24). The Morgan fingerprint density at radius 1 is 1.19 bits per heavy atom. The normalized spacial score (nSPS) is 24.1. The van der Waals surface area contributed by atoms with Gasteiger partial charge in [-0.3, -0.25) is 9.59 Å². The lowest BCUT2D eigenvalue weighted by Gasteiger charge is -2.32. The molecule has 6 nitrogen and oxygen atoms in total. The van der Waals surface area contributed by atoms with Gasteiger partial charge in [0.1, 0.15) is 0 Å². The maximum Gasteiger partial charge on any atom is 0.463 e. The second-order valence-electron chi connectivity index (χ2n) is 8.21. The molecule has 2 N–H and O–H groups in total. The maximum atomic E-state index is 12.7. The zero-order valence-electron chi connectivity index (χ0n) is 16.0. The first-order valence-corrected chi connectivity index (χ1v) is 9.12. The van der Waals surface area contributed by atoms with Crippen molar-refractivity contribution in [3.8, 4) is 0 Å². The first-order chi connectivity index (χ1) is 12.1. The van der Waals surface area contributed by atoms with Crippen LogP contribution in [-0.2, 0) is 20.5 Å². The van der Waals surface area contributed by atoms with Gasteiger partial charge in [-0.2, -0.15) is 0 Å². The molecule has 0 saturated carbocycles. The van der Waals surface area contributed by atoms with Gasteiger partial charge >= 0.3 is 7.12 Å². The van der Waals surface area contributed by atoms with Crippen molar-refractivity contribution >= 4 is 18.9 Å². The Morgan fingerprint density at radius 3 is 2.42 bits per heavy atom. The number of hydrogen-bond acceptors (Lipinski definition) is 4. The Balaban J connectivity index is 1.63. The molecule has 26 heavy (non-hydrogen) atoms. The molecular weight excluding hydrogens is 331 g/mol. The van der Waals surface area contributed by atoms with Crippen LogP contribution in [0.2, 0.25) is 5.82 Å². The van der Waals surface area contributed by atoms with Crippen LogP contribution in [0, 0.1) is 0 Å². The molecule has 140 valence electrons. The van der Waals surface area contributed by atoms with Gasteiger partial charge in [-0.25, -0.2) is 0 Å². The molecule has 0 bridgehead atoms. The molecular formula is C19H27BN2O4. The smallest absolute Gasteiger partial charge is 0.403 e. The second-order valence-corrected chi connectivity index (χ2v) is 8.21. The van der Waals surface area contributed by atoms with Crippen LogP contribution in [0.4, 0.5) is 0 Å². The van der Waals surface area contributed by atoms with Crippen LogP contribution in [0.3, 0.4) is 0 Å². The van der Waals surface area contributed by atoms with E-state index in [4.69, 9.17) is 15.0 Å². The summed E-state index contributed by atoms with van der Waals surface area (Å²) in [6.45, 7) is 9.41. The minimum Gasteiger partial charge on any atom is -0.403 e. The Morgan fingerprint density at radius 2 is 1.81 bits per heavy atom. The highest BCUT2D eigenvalue weighted by Gasteiger charge is 2.54. The number of nitrogens with two attached hydrogens (primary N) is 1. The SMILES string of the molecule is CC1(C)OB(C2CCN(C(=O)Cc3ccccc3C(N)=O)C2)OC1(C)C. The summed E-state index contributed by atoms with van der Waals surface area (Å²) in [6.07, 6.45) is 1.02. The minimum atomic E-state index is -0.509. The Bertz CT molecular complexity index is 703. The number of carbonyl (C=O) groups is 2. The second kappa shape index (κ2) is 6.70. The van der Waals surface area contributed by atoms with E-state index >= 15 is 0 Å². The fourth-order valence-corrected chi connectivity index (χ4v) is 3.51. The number of carbonyl (C=O) groups excluding carboxylic acids is 2. The molecule has 2 heterocycles. The number of nitrogens with zero attached hydrogens (tertiary/aromatic N) is 1. The predicted molar refractivity (Wildman–Crippen MR) is 99.7 cm³/mol. The molecule has 0 aromatic heterocycles. The predicted octanol–water partition coefficient (Wildman–Crippen LogP) is 2.02. The zero-order valence-corrected chi connectivity index (χ0v) is 16.0. The molecule has 2 aliphatic heterocycles. The summed E-state index contributed by atoms with van der Waals surface area (Å²) in [4.78, 5) is 26.1. The summed E-state index contributed by atoms with van der Waals surface area (Å²) in [7, 11) is -0.296. The summed E-state index contributed by atoms with van der Waals surface area (Å²) in [5.74, 6) is -0.353. The molecule has 1 aromatic rings. The van der Waals surface area contributed by atoms with E-state index in [0.29, 0.717) is 24.2 Å². The number of amides is 2. The van der Waals surface area contributed by atoms with Gasteiger partial charge in [0, 0.05) is 24.5 Å². The van der Waals surface area contributed by atoms with E-state index in [9.17, 15) is 9.59 Å². The van der Waals surface area contributed by atoms with Crippen molar-refractivity contribution in [2.45, 2.75) is 57.6 Å². The van der Waals surface area contributed by atoms with Gasteiger partial charge in [0.05, 0.1) is 17.6 Å². The third-order valence-electron chi connectivity index (χ3n) is 5.86. The van der Waals surface area contributed by atoms with E-state index in [1.165, 1.54) is 0 Å². The highest BCUT2D eigenvalue weighted by atomic mass is 16.7. The molecule has 0 radical (unpaired) electrons. The lowest BCUT2D eigenvalue weighted by atomic mass is 9.71. The third-order valence-corrected chi connectivity index (χ3v) is 5.86. The average Bonchev–Trinajstić information content (AvgIpc) is 3.11. The van der Waals surface area contributed by atoms with Crippen molar-refractivity contribution in [1.29, 1.82) is 0 Å². The van der Waals surface area contributed by atoms with Crippen LogP contribution in [0.1, 0.15) is 50.0 Å². The molecule has 2 amide bonds. The molecule has 1 aromatic carbocycles. The summed E-state index contributed by atoms with van der Waals surface area (Å²) in [6, 6.07) is 6.99. The van der Waals surface area contributed by atoms with Crippen molar-refractivity contribution in [3.05, 3.63) is 35.4 Å². The Kier molecular flexibility index (Phi) is 4.88. The fourth-order valence-electron chi connectivity index (χ4n) is 3.51. The summed E-state index contributed by atoms with van der Waals surface area (Å²) >= 11 is 0. The van der Waals surface area contributed by atoms with Crippen LogP contribution in [-0.4, -0.2) is 48.1 Å². The van der Waals surface area contributed by atoms with Gasteiger partial charge in [0.25, 0.3) is 0 Å². The van der Waals surface area contributed by atoms with Crippen molar-refractivity contribution in [2.75, 3.05) is 13.1 Å². The first kappa shape index (κ1) is 18.9. The van der Waals surface area contributed by atoms with E-state index in [2.05, 4.69) is 0 Å². The fraction of sp³-hybridized carbons (Fsp3) is 0.579. The molecule has 0 spiro atoms. The van der Waals surface area contributed by atoms with E-state index < -0.39 is 5.91 Å². The molecule has 2 saturated heterocycles. The highest BCUT2D eigenvalue weighted by molar-refractivity contribution is 6.47. The minimum absolute atomic E-state index is 0.00211. The van der Waals surface area contributed by atoms with Crippen molar-refractivity contribution in [3.63, 3.8) is 0 Å². The van der Waals surface area contributed by atoms with Crippen molar-refractivity contribution < 1.29 is 18.9 Å². The van der Waals surface area contributed by atoms with Gasteiger partial charge in [-0.05, 0) is 45.7 Å². The number of rotatable bonds is 4. The number of primary amides is 1. The van der Waals surface area contributed by atoms with Crippen LogP contribution < -0.4 is 5.73 Å². The van der Waals surface area contributed by atoms with E-state index in [-0.39, 0.29) is 36.5 Å². The molecule has 2 aliphatic rings. The van der Waals surface area contributed by atoms with Gasteiger partial charge in [0.15, 0.2) is 0 Å². The zero-order chi connectivity index (χ0) is 19.1. The molecule has 2 fully saturated rings. The van der Waals surface area contributed by atoms with E-state index in [0.717, 1.165) is 6.42 Å². The van der Waals surface area contributed by atoms with Gasteiger partial charge < -0.3 is 19.9 Å². The Labute approximate surface area is 155 Å². The van der Waals surface area contributed by atoms with E-state index in [1.54, 1.807) is 18.2 Å². The molecule has 7 heteroatoms. The van der Waals surface area contributed by atoms with Gasteiger partial charge in [-0.1, -0.05) is 18.2 Å². The first-order valence-electron chi connectivity index (χ1n) is 9.12. The van der Waals surface area contributed by atoms with Crippen LogP contribution in [0.25, 0.3) is 0 Å². The maximum absolute atomic E-state index is 12.7. The highest BCUT2D eigenvalue weighted by Crippen LogP contribution is 2.42. The van der Waals surface area contributed by atoms with Crippen molar-refractivity contribution in [1.82, 2.24) is 4.90 Å². The molecule has 1 unspecified atom stereocenters. The largest absolute Gasteiger partial charge is 0.463 e. The van der Waals surface area contributed by atoms with Crippen LogP contribution >= 0.6 is 0 Å².